The van der Waals surface area contributed by atoms with Gasteiger partial charge in [-0.15, -0.1) is 0 Å². The van der Waals surface area contributed by atoms with Crippen molar-refractivity contribution in [2.45, 2.75) is 44.2 Å². The summed E-state index contributed by atoms with van der Waals surface area (Å²) in [7, 11) is 1.66. The highest BCUT2D eigenvalue weighted by atomic mass is 35.5. The summed E-state index contributed by atoms with van der Waals surface area (Å²) < 4.78 is 11.3. The van der Waals surface area contributed by atoms with Crippen molar-refractivity contribution in [2.24, 2.45) is 5.73 Å². The van der Waals surface area contributed by atoms with Crippen LogP contribution in [0.15, 0.2) is 18.2 Å². The van der Waals surface area contributed by atoms with Gasteiger partial charge < -0.3 is 15.2 Å². The lowest BCUT2D eigenvalue weighted by Gasteiger charge is -2.39. The normalized spacial score (nSPS) is 25.1. The second-order valence-corrected chi connectivity index (χ2v) is 5.82. The smallest absolute Gasteiger partial charge is 0.122 e. The maximum atomic E-state index is 6.36. The average molecular weight is 284 g/mol. The Morgan fingerprint density at radius 3 is 2.89 bits per heavy atom. The first kappa shape index (κ1) is 14.6. The van der Waals surface area contributed by atoms with E-state index < -0.39 is 0 Å². The van der Waals surface area contributed by atoms with Crippen LogP contribution in [0.4, 0.5) is 0 Å². The molecule has 0 amide bonds. The summed E-state index contributed by atoms with van der Waals surface area (Å²) in [6.45, 7) is 2.91. The second-order valence-electron chi connectivity index (χ2n) is 5.39. The van der Waals surface area contributed by atoms with Crippen LogP contribution >= 0.6 is 11.6 Å². The molecule has 2 rings (SSSR count). The zero-order chi connectivity index (χ0) is 13.9. The van der Waals surface area contributed by atoms with E-state index in [2.05, 4.69) is 6.92 Å². The molecule has 4 heteroatoms. The van der Waals surface area contributed by atoms with Crippen molar-refractivity contribution in [1.82, 2.24) is 0 Å². The summed E-state index contributed by atoms with van der Waals surface area (Å²) >= 11 is 6.05. The molecule has 0 spiro atoms. The fraction of sp³-hybridized carbons (Fsp3) is 0.600. The van der Waals surface area contributed by atoms with Crippen molar-refractivity contribution in [3.63, 3.8) is 0 Å². The predicted octanol–water partition coefficient (Wildman–Crippen LogP) is 3.18. The molecule has 0 bridgehead atoms. The van der Waals surface area contributed by atoms with E-state index in [1.807, 2.05) is 18.2 Å². The highest BCUT2D eigenvalue weighted by Gasteiger charge is 2.34. The van der Waals surface area contributed by atoms with Gasteiger partial charge in [-0.2, -0.15) is 0 Å². The number of halogens is 1. The number of rotatable bonds is 4. The minimum atomic E-state index is -0.244. The molecule has 1 aromatic carbocycles. The van der Waals surface area contributed by atoms with Crippen LogP contribution in [-0.4, -0.2) is 25.4 Å². The molecule has 2 unspecified atom stereocenters. The summed E-state index contributed by atoms with van der Waals surface area (Å²) in [4.78, 5) is 0. The van der Waals surface area contributed by atoms with E-state index in [9.17, 15) is 0 Å². The van der Waals surface area contributed by atoms with Crippen LogP contribution in [-0.2, 0) is 11.2 Å². The van der Waals surface area contributed by atoms with Crippen LogP contribution in [0.5, 0.6) is 5.75 Å². The van der Waals surface area contributed by atoms with E-state index >= 15 is 0 Å². The van der Waals surface area contributed by atoms with Crippen molar-refractivity contribution in [2.75, 3.05) is 13.7 Å². The lowest BCUT2D eigenvalue weighted by atomic mass is 9.85. The monoisotopic (exact) mass is 283 g/mol. The van der Waals surface area contributed by atoms with Crippen LogP contribution in [0, 0.1) is 0 Å². The zero-order valence-corrected chi connectivity index (χ0v) is 12.4. The van der Waals surface area contributed by atoms with E-state index in [-0.39, 0.29) is 11.6 Å². The molecule has 3 nitrogen and oxygen atoms in total. The fourth-order valence-corrected chi connectivity index (χ4v) is 2.80. The Morgan fingerprint density at radius 2 is 2.26 bits per heavy atom. The molecule has 1 aliphatic rings. The molecule has 0 radical (unpaired) electrons. The van der Waals surface area contributed by atoms with Gasteiger partial charge in [0.25, 0.3) is 0 Å². The van der Waals surface area contributed by atoms with Gasteiger partial charge in [0.05, 0.1) is 12.7 Å². The van der Waals surface area contributed by atoms with Crippen LogP contribution in [0.3, 0.4) is 0 Å². The zero-order valence-electron chi connectivity index (χ0n) is 11.6. The Labute approximate surface area is 120 Å². The van der Waals surface area contributed by atoms with Crippen LogP contribution in [0.1, 0.15) is 31.7 Å². The van der Waals surface area contributed by atoms with Crippen molar-refractivity contribution < 1.29 is 9.47 Å². The van der Waals surface area contributed by atoms with Crippen LogP contribution in [0.25, 0.3) is 0 Å². The lowest BCUT2D eigenvalue weighted by molar-refractivity contribution is -0.0809. The first-order valence-electron chi connectivity index (χ1n) is 6.77. The van der Waals surface area contributed by atoms with Gasteiger partial charge in [-0.05, 0) is 56.4 Å². The fourth-order valence-electron chi connectivity index (χ4n) is 2.61. The lowest BCUT2D eigenvalue weighted by Crippen LogP contribution is -2.50. The molecule has 0 aromatic heterocycles. The van der Waals surface area contributed by atoms with Crippen molar-refractivity contribution in [3.05, 3.63) is 28.8 Å². The highest BCUT2D eigenvalue weighted by molar-refractivity contribution is 6.30. The standard InChI is InChI=1S/C15H22ClNO2/c1-15(7-3-4-8-19-15)14(17)10-11-9-12(16)5-6-13(11)18-2/h5-6,9,14H,3-4,7-8,10,17H2,1-2H3. The Hall–Kier alpha value is -0.770. The van der Waals surface area contributed by atoms with Crippen molar-refractivity contribution in [3.8, 4) is 5.75 Å². The Balaban J connectivity index is 2.13. The van der Waals surface area contributed by atoms with Gasteiger partial charge in [0, 0.05) is 17.7 Å². The molecule has 19 heavy (non-hydrogen) atoms. The molecule has 2 N–H and O–H groups in total. The summed E-state index contributed by atoms with van der Waals surface area (Å²) in [5, 5.41) is 0.706. The molecular weight excluding hydrogens is 262 g/mol. The minimum absolute atomic E-state index is 0.0554. The van der Waals surface area contributed by atoms with Gasteiger partial charge >= 0.3 is 0 Å². The van der Waals surface area contributed by atoms with Crippen molar-refractivity contribution in [1.29, 1.82) is 0 Å². The van der Waals surface area contributed by atoms with E-state index in [1.54, 1.807) is 7.11 Å². The highest BCUT2D eigenvalue weighted by Crippen LogP contribution is 2.31. The van der Waals surface area contributed by atoms with Gasteiger partial charge in [-0.25, -0.2) is 0 Å². The largest absolute Gasteiger partial charge is 0.496 e. The van der Waals surface area contributed by atoms with Crippen LogP contribution < -0.4 is 10.5 Å². The maximum absolute atomic E-state index is 6.36. The molecule has 0 saturated carbocycles. The second kappa shape index (κ2) is 6.12. The van der Waals surface area contributed by atoms with E-state index in [4.69, 9.17) is 26.8 Å². The summed E-state index contributed by atoms with van der Waals surface area (Å²) in [6.07, 6.45) is 4.02. The van der Waals surface area contributed by atoms with Gasteiger partial charge in [0.2, 0.25) is 0 Å². The Bertz CT molecular complexity index is 430. The molecule has 1 saturated heterocycles. The third kappa shape index (κ3) is 3.41. The van der Waals surface area contributed by atoms with E-state index in [0.717, 1.165) is 30.8 Å². The minimum Gasteiger partial charge on any atom is -0.496 e. The molecule has 1 heterocycles. The molecule has 0 aliphatic carbocycles. The first-order chi connectivity index (χ1) is 9.05. The quantitative estimate of drug-likeness (QED) is 0.923. The van der Waals surface area contributed by atoms with Gasteiger partial charge in [-0.1, -0.05) is 11.6 Å². The van der Waals surface area contributed by atoms with Gasteiger partial charge in [-0.3, -0.25) is 0 Å². The number of benzene rings is 1. The molecule has 1 aromatic rings. The third-order valence-electron chi connectivity index (χ3n) is 3.97. The topological polar surface area (TPSA) is 44.5 Å². The maximum Gasteiger partial charge on any atom is 0.122 e. The molecule has 1 aliphatic heterocycles. The number of methoxy groups -OCH3 is 1. The molecule has 1 fully saturated rings. The third-order valence-corrected chi connectivity index (χ3v) is 4.20. The van der Waals surface area contributed by atoms with Gasteiger partial charge in [0.15, 0.2) is 0 Å². The van der Waals surface area contributed by atoms with Crippen LogP contribution in [0.2, 0.25) is 5.02 Å². The number of ether oxygens (including phenoxy) is 2. The number of hydrogen-bond acceptors (Lipinski definition) is 3. The first-order valence-corrected chi connectivity index (χ1v) is 7.15. The molecule has 106 valence electrons. The van der Waals surface area contributed by atoms with E-state index in [0.29, 0.717) is 11.4 Å². The molecule has 2 atom stereocenters. The SMILES string of the molecule is COc1ccc(Cl)cc1CC(N)C1(C)CCCCO1. The number of nitrogens with two attached hydrogens (primary N) is 1. The summed E-state index contributed by atoms with van der Waals surface area (Å²) in [6, 6.07) is 5.58. The average Bonchev–Trinajstić information content (AvgIpc) is 2.40. The van der Waals surface area contributed by atoms with Gasteiger partial charge in [0.1, 0.15) is 5.75 Å². The Morgan fingerprint density at radius 1 is 1.47 bits per heavy atom. The molecular formula is C15H22ClNO2. The summed E-state index contributed by atoms with van der Waals surface area (Å²) in [5.41, 5.74) is 7.16. The van der Waals surface area contributed by atoms with E-state index in [1.165, 1.54) is 6.42 Å². The van der Waals surface area contributed by atoms with Crippen molar-refractivity contribution >= 4 is 11.6 Å². The Kier molecular flexibility index (Phi) is 4.71. The predicted molar refractivity (Wildman–Crippen MR) is 77.9 cm³/mol. The summed E-state index contributed by atoms with van der Waals surface area (Å²) in [5.74, 6) is 0.833. The number of hydrogen-bond donors (Lipinski definition) is 1.